The lowest BCUT2D eigenvalue weighted by molar-refractivity contribution is 0.0891. The van der Waals surface area contributed by atoms with Gasteiger partial charge in [-0.2, -0.15) is 0 Å². The number of nitrogens with two attached hydrogens (primary N) is 1. The molecule has 0 aliphatic heterocycles. The Labute approximate surface area is 127 Å². The summed E-state index contributed by atoms with van der Waals surface area (Å²) in [7, 11) is 0. The average Bonchev–Trinajstić information content (AvgIpc) is 2.53. The first-order valence-electron chi connectivity index (χ1n) is 7.66. The molecule has 0 bridgehead atoms. The van der Waals surface area contributed by atoms with Gasteiger partial charge in [0.1, 0.15) is 0 Å². The fourth-order valence-corrected chi connectivity index (χ4v) is 3.25. The van der Waals surface area contributed by atoms with Gasteiger partial charge in [0.15, 0.2) is 0 Å². The number of aliphatic hydroxyl groups excluding tert-OH is 1. The lowest BCUT2D eigenvalue weighted by Crippen LogP contribution is -2.44. The molecule has 0 heterocycles. The second kappa shape index (κ2) is 6.88. The van der Waals surface area contributed by atoms with Crippen molar-refractivity contribution < 1.29 is 5.11 Å². The lowest BCUT2D eigenvalue weighted by atomic mass is 9.66. The molecule has 0 radical (unpaired) electrons. The minimum Gasteiger partial charge on any atom is -0.392 e. The van der Waals surface area contributed by atoms with Gasteiger partial charge < -0.3 is 10.8 Å². The van der Waals surface area contributed by atoms with Crippen molar-refractivity contribution in [1.29, 1.82) is 0 Å². The van der Waals surface area contributed by atoms with Gasteiger partial charge in [-0.05, 0) is 30.9 Å². The van der Waals surface area contributed by atoms with E-state index in [1.807, 2.05) is 50.2 Å². The van der Waals surface area contributed by atoms with Crippen molar-refractivity contribution in [3.05, 3.63) is 71.8 Å². The summed E-state index contributed by atoms with van der Waals surface area (Å²) < 4.78 is 0. The molecule has 0 aliphatic carbocycles. The molecule has 2 aromatic rings. The maximum absolute atomic E-state index is 10.9. The molecule has 0 amide bonds. The van der Waals surface area contributed by atoms with Crippen LogP contribution in [0.25, 0.3) is 0 Å². The summed E-state index contributed by atoms with van der Waals surface area (Å²) in [5, 5.41) is 10.9. The molecule has 0 fully saturated rings. The molecular formula is C19H25NO. The number of aliphatic hydroxyl groups is 1. The number of rotatable bonds is 6. The molecule has 21 heavy (non-hydrogen) atoms. The quantitative estimate of drug-likeness (QED) is 0.852. The molecule has 2 nitrogen and oxygen atoms in total. The Morgan fingerprint density at radius 2 is 1.38 bits per heavy atom. The van der Waals surface area contributed by atoms with Crippen molar-refractivity contribution in [3.8, 4) is 0 Å². The minimum atomic E-state index is -0.465. The Morgan fingerprint density at radius 1 is 0.952 bits per heavy atom. The van der Waals surface area contributed by atoms with Crippen molar-refractivity contribution >= 4 is 0 Å². The van der Waals surface area contributed by atoms with Crippen LogP contribution in [0.3, 0.4) is 0 Å². The van der Waals surface area contributed by atoms with Crippen LogP contribution in [-0.4, -0.2) is 17.3 Å². The fraction of sp³-hybridized carbons (Fsp3) is 0.368. The van der Waals surface area contributed by atoms with E-state index in [0.29, 0.717) is 6.42 Å². The zero-order valence-corrected chi connectivity index (χ0v) is 12.9. The van der Waals surface area contributed by atoms with E-state index in [4.69, 9.17) is 5.73 Å². The smallest absolute Gasteiger partial charge is 0.0675 e. The van der Waals surface area contributed by atoms with Crippen LogP contribution in [0.2, 0.25) is 0 Å². The highest BCUT2D eigenvalue weighted by atomic mass is 16.3. The van der Waals surface area contributed by atoms with Gasteiger partial charge in [-0.1, -0.05) is 67.6 Å². The summed E-state index contributed by atoms with van der Waals surface area (Å²) in [6.07, 6.45) is 0.945. The molecule has 0 unspecified atom stereocenters. The predicted octanol–water partition coefficient (Wildman–Crippen LogP) is 3.48. The molecule has 0 aromatic heterocycles. The van der Waals surface area contributed by atoms with E-state index in [1.54, 1.807) is 0 Å². The van der Waals surface area contributed by atoms with Gasteiger partial charge in [0.2, 0.25) is 0 Å². The minimum absolute atomic E-state index is 0.00612. The van der Waals surface area contributed by atoms with Gasteiger partial charge in [0.05, 0.1) is 6.10 Å². The molecular weight excluding hydrogens is 258 g/mol. The van der Waals surface area contributed by atoms with E-state index in [9.17, 15) is 5.11 Å². The summed E-state index contributed by atoms with van der Waals surface area (Å²) in [5.41, 5.74) is 7.94. The van der Waals surface area contributed by atoms with Crippen molar-refractivity contribution in [2.45, 2.75) is 44.2 Å². The van der Waals surface area contributed by atoms with Crippen LogP contribution >= 0.6 is 0 Å². The van der Waals surface area contributed by atoms with Crippen LogP contribution in [0.5, 0.6) is 0 Å². The number of hydrogen-bond donors (Lipinski definition) is 2. The largest absolute Gasteiger partial charge is 0.392 e. The molecule has 2 aromatic carbocycles. The highest BCUT2D eigenvalue weighted by molar-refractivity contribution is 5.41. The Hall–Kier alpha value is -1.64. The van der Waals surface area contributed by atoms with Crippen LogP contribution in [-0.2, 0) is 5.41 Å². The zero-order valence-electron chi connectivity index (χ0n) is 12.9. The summed E-state index contributed by atoms with van der Waals surface area (Å²) in [5.74, 6) is 0. The van der Waals surface area contributed by atoms with Crippen LogP contribution in [0.1, 0.15) is 37.8 Å². The molecule has 0 saturated heterocycles. The maximum Gasteiger partial charge on any atom is 0.0675 e. The van der Waals surface area contributed by atoms with Crippen molar-refractivity contribution in [3.63, 3.8) is 0 Å². The number of benzene rings is 2. The fourth-order valence-electron chi connectivity index (χ4n) is 3.25. The van der Waals surface area contributed by atoms with E-state index in [1.165, 1.54) is 0 Å². The van der Waals surface area contributed by atoms with E-state index in [-0.39, 0.29) is 6.04 Å². The maximum atomic E-state index is 10.9. The van der Waals surface area contributed by atoms with E-state index < -0.39 is 11.5 Å². The third-order valence-electron chi connectivity index (χ3n) is 4.18. The normalized spacial score (nSPS) is 14.7. The molecule has 0 saturated carbocycles. The van der Waals surface area contributed by atoms with Gasteiger partial charge in [0, 0.05) is 11.5 Å². The Balaban J connectivity index is 2.65. The summed E-state index contributed by atoms with van der Waals surface area (Å²) in [4.78, 5) is 0. The molecule has 112 valence electrons. The van der Waals surface area contributed by atoms with Gasteiger partial charge in [-0.25, -0.2) is 0 Å². The SMILES string of the molecule is CC[C@H](O)C(C[C@H](C)N)(c1ccccc1)c1ccccc1. The average molecular weight is 283 g/mol. The van der Waals surface area contributed by atoms with Crippen LogP contribution in [0.4, 0.5) is 0 Å². The number of hydrogen-bond acceptors (Lipinski definition) is 2. The molecule has 2 heteroatoms. The summed E-state index contributed by atoms with van der Waals surface area (Å²) in [6.45, 7) is 4.02. The predicted molar refractivity (Wildman–Crippen MR) is 88.2 cm³/mol. The highest BCUT2D eigenvalue weighted by Gasteiger charge is 2.40. The Kier molecular flexibility index (Phi) is 5.16. The zero-order chi connectivity index (χ0) is 15.3. The Morgan fingerprint density at radius 3 is 1.71 bits per heavy atom. The van der Waals surface area contributed by atoms with E-state index in [0.717, 1.165) is 17.5 Å². The monoisotopic (exact) mass is 283 g/mol. The Bertz CT molecular complexity index is 497. The van der Waals surface area contributed by atoms with Crippen LogP contribution in [0.15, 0.2) is 60.7 Å². The standard InChI is InChI=1S/C19H25NO/c1-3-18(21)19(14-15(2)20,16-10-6-4-7-11-16)17-12-8-5-9-13-17/h4-13,15,18,21H,3,14,20H2,1-2H3/t15-,18-/m0/s1. The summed E-state index contributed by atoms with van der Waals surface area (Å²) >= 11 is 0. The van der Waals surface area contributed by atoms with Crippen LogP contribution in [0, 0.1) is 0 Å². The topological polar surface area (TPSA) is 46.2 Å². The highest BCUT2D eigenvalue weighted by Crippen LogP contribution is 2.40. The molecule has 0 spiro atoms. The first kappa shape index (κ1) is 15.7. The third-order valence-corrected chi connectivity index (χ3v) is 4.18. The molecule has 2 rings (SSSR count). The van der Waals surface area contributed by atoms with Crippen molar-refractivity contribution in [1.82, 2.24) is 0 Å². The van der Waals surface area contributed by atoms with Gasteiger partial charge >= 0.3 is 0 Å². The first-order valence-corrected chi connectivity index (χ1v) is 7.66. The third kappa shape index (κ3) is 3.17. The van der Waals surface area contributed by atoms with Crippen molar-refractivity contribution in [2.24, 2.45) is 5.73 Å². The second-order valence-corrected chi connectivity index (χ2v) is 5.81. The van der Waals surface area contributed by atoms with Crippen molar-refractivity contribution in [2.75, 3.05) is 0 Å². The second-order valence-electron chi connectivity index (χ2n) is 5.81. The molecule has 3 N–H and O–H groups in total. The first-order chi connectivity index (χ1) is 10.1. The lowest BCUT2D eigenvalue weighted by Gasteiger charge is -2.40. The summed E-state index contributed by atoms with van der Waals surface area (Å²) in [6, 6.07) is 20.5. The van der Waals surface area contributed by atoms with Gasteiger partial charge in [-0.3, -0.25) is 0 Å². The van der Waals surface area contributed by atoms with Gasteiger partial charge in [0.25, 0.3) is 0 Å². The van der Waals surface area contributed by atoms with Gasteiger partial charge in [-0.15, -0.1) is 0 Å². The van der Waals surface area contributed by atoms with E-state index in [2.05, 4.69) is 24.3 Å². The molecule has 2 atom stereocenters. The van der Waals surface area contributed by atoms with E-state index >= 15 is 0 Å². The van der Waals surface area contributed by atoms with Crippen LogP contribution < -0.4 is 5.73 Å². The molecule has 0 aliphatic rings.